The number of hydrogen-bond donors (Lipinski definition) is 1. The molecule has 112 valence electrons. The van der Waals surface area contributed by atoms with Gasteiger partial charge in [0.05, 0.1) is 10.8 Å². The van der Waals surface area contributed by atoms with E-state index in [4.69, 9.17) is 5.11 Å². The fourth-order valence-corrected chi connectivity index (χ4v) is 2.45. The summed E-state index contributed by atoms with van der Waals surface area (Å²) in [5, 5.41) is 19.7. The molecule has 7 heteroatoms. The van der Waals surface area contributed by atoms with E-state index in [-0.39, 0.29) is 11.6 Å². The number of carbonyl (C=O) groups is 2. The average Bonchev–Trinajstić information content (AvgIpc) is 2.47. The molecule has 1 aliphatic heterocycles. The second-order valence-electron chi connectivity index (χ2n) is 5.16. The highest BCUT2D eigenvalue weighted by molar-refractivity contribution is 5.96. The van der Waals surface area contributed by atoms with E-state index in [9.17, 15) is 19.7 Å². The van der Waals surface area contributed by atoms with Crippen LogP contribution < -0.4 is 0 Å². The topological polar surface area (TPSA) is 101 Å². The van der Waals surface area contributed by atoms with Crippen molar-refractivity contribution in [3.05, 3.63) is 39.4 Å². The van der Waals surface area contributed by atoms with Gasteiger partial charge in [0.15, 0.2) is 0 Å². The van der Waals surface area contributed by atoms with E-state index in [0.717, 1.165) is 0 Å². The lowest BCUT2D eigenvalue weighted by molar-refractivity contribution is -0.384. The molecule has 21 heavy (non-hydrogen) atoms. The van der Waals surface area contributed by atoms with Gasteiger partial charge in [-0.3, -0.25) is 19.7 Å². The predicted molar refractivity (Wildman–Crippen MR) is 74.1 cm³/mol. The van der Waals surface area contributed by atoms with Crippen LogP contribution in [0.5, 0.6) is 0 Å². The van der Waals surface area contributed by atoms with Crippen molar-refractivity contribution in [3.63, 3.8) is 0 Å². The molecule has 1 aliphatic rings. The minimum atomic E-state index is -0.839. The number of hydrogen-bond acceptors (Lipinski definition) is 4. The highest BCUT2D eigenvalue weighted by Gasteiger charge is 2.28. The maximum Gasteiger partial charge on any atom is 0.306 e. The summed E-state index contributed by atoms with van der Waals surface area (Å²) in [5.74, 6) is -1.53. The number of aliphatic carboxylic acids is 1. The molecule has 0 aliphatic carbocycles. The van der Waals surface area contributed by atoms with Crippen LogP contribution in [0.1, 0.15) is 28.8 Å². The van der Waals surface area contributed by atoms with Crippen molar-refractivity contribution in [2.75, 3.05) is 13.1 Å². The molecule has 1 fully saturated rings. The van der Waals surface area contributed by atoms with E-state index in [0.29, 0.717) is 37.1 Å². The van der Waals surface area contributed by atoms with Gasteiger partial charge in [-0.05, 0) is 25.3 Å². The van der Waals surface area contributed by atoms with E-state index in [1.165, 1.54) is 12.1 Å². The summed E-state index contributed by atoms with van der Waals surface area (Å²) in [6, 6.07) is 4.19. The van der Waals surface area contributed by atoms with E-state index >= 15 is 0 Å². The Kier molecular flexibility index (Phi) is 4.21. The molecule has 1 amide bonds. The van der Waals surface area contributed by atoms with E-state index in [1.807, 2.05) is 0 Å². The Balaban J connectivity index is 2.16. The van der Waals surface area contributed by atoms with Gasteiger partial charge in [-0.1, -0.05) is 6.07 Å². The summed E-state index contributed by atoms with van der Waals surface area (Å²) in [4.78, 5) is 35.1. The molecule has 1 aromatic carbocycles. The smallest absolute Gasteiger partial charge is 0.306 e. The van der Waals surface area contributed by atoms with Crippen molar-refractivity contribution in [2.24, 2.45) is 5.92 Å². The van der Waals surface area contributed by atoms with Crippen molar-refractivity contribution in [1.82, 2.24) is 4.90 Å². The van der Waals surface area contributed by atoms with Crippen molar-refractivity contribution in [3.8, 4) is 0 Å². The van der Waals surface area contributed by atoms with Gasteiger partial charge in [0.2, 0.25) is 0 Å². The Morgan fingerprint density at radius 1 is 1.33 bits per heavy atom. The highest BCUT2D eigenvalue weighted by Crippen LogP contribution is 2.23. The molecule has 0 bridgehead atoms. The Morgan fingerprint density at radius 3 is 2.48 bits per heavy atom. The number of rotatable bonds is 3. The molecule has 0 unspecified atom stereocenters. The first-order valence-corrected chi connectivity index (χ1v) is 6.67. The van der Waals surface area contributed by atoms with Gasteiger partial charge < -0.3 is 10.0 Å². The largest absolute Gasteiger partial charge is 0.481 e. The first-order valence-electron chi connectivity index (χ1n) is 6.67. The molecule has 0 spiro atoms. The van der Waals surface area contributed by atoms with Crippen LogP contribution in [0.25, 0.3) is 0 Å². The number of carbonyl (C=O) groups excluding carboxylic acids is 1. The first kappa shape index (κ1) is 15.0. The number of carboxylic acid groups (broad SMARTS) is 1. The van der Waals surface area contributed by atoms with Gasteiger partial charge in [-0.15, -0.1) is 0 Å². The molecular weight excluding hydrogens is 276 g/mol. The number of aryl methyl sites for hydroxylation is 1. The maximum atomic E-state index is 12.4. The van der Waals surface area contributed by atoms with Gasteiger partial charge in [0.1, 0.15) is 0 Å². The van der Waals surface area contributed by atoms with Crippen LogP contribution in [-0.2, 0) is 4.79 Å². The Hall–Kier alpha value is -2.44. The molecule has 0 radical (unpaired) electrons. The van der Waals surface area contributed by atoms with Gasteiger partial charge in [-0.2, -0.15) is 0 Å². The quantitative estimate of drug-likeness (QED) is 0.676. The van der Waals surface area contributed by atoms with E-state index < -0.39 is 16.8 Å². The molecule has 0 atom stereocenters. The van der Waals surface area contributed by atoms with Crippen molar-refractivity contribution < 1.29 is 19.6 Å². The molecule has 1 heterocycles. The number of likely N-dealkylation sites (tertiary alicyclic amines) is 1. The van der Waals surface area contributed by atoms with Crippen LogP contribution in [0, 0.1) is 23.0 Å². The van der Waals surface area contributed by atoms with Crippen molar-refractivity contribution in [1.29, 1.82) is 0 Å². The van der Waals surface area contributed by atoms with E-state index in [1.54, 1.807) is 17.9 Å². The molecule has 1 saturated heterocycles. The van der Waals surface area contributed by atoms with Crippen LogP contribution in [-0.4, -0.2) is 39.9 Å². The van der Waals surface area contributed by atoms with Crippen LogP contribution in [0.3, 0.4) is 0 Å². The fraction of sp³-hybridized carbons (Fsp3) is 0.429. The minimum absolute atomic E-state index is 0.121. The van der Waals surface area contributed by atoms with Crippen molar-refractivity contribution in [2.45, 2.75) is 19.8 Å². The van der Waals surface area contributed by atoms with Gasteiger partial charge in [0, 0.05) is 30.8 Å². The number of nitro benzene ring substituents is 1. The molecular formula is C14H16N2O5. The number of benzene rings is 1. The summed E-state index contributed by atoms with van der Waals surface area (Å²) >= 11 is 0. The van der Waals surface area contributed by atoms with Crippen LogP contribution >= 0.6 is 0 Å². The van der Waals surface area contributed by atoms with Crippen LogP contribution in [0.15, 0.2) is 18.2 Å². The Labute approximate surface area is 121 Å². The zero-order valence-electron chi connectivity index (χ0n) is 11.6. The first-order chi connectivity index (χ1) is 9.90. The predicted octanol–water partition coefficient (Wildman–Crippen LogP) is 1.84. The standard InChI is InChI=1S/C14H16N2O5/c1-9-2-3-11(16(20)21)8-12(9)13(17)15-6-4-10(5-7-15)14(18)19/h2-3,8,10H,4-7H2,1H3,(H,18,19). The van der Waals surface area contributed by atoms with Gasteiger partial charge in [-0.25, -0.2) is 0 Å². The molecule has 1 N–H and O–H groups in total. The maximum absolute atomic E-state index is 12.4. The third kappa shape index (κ3) is 3.18. The Bertz CT molecular complexity index is 591. The lowest BCUT2D eigenvalue weighted by atomic mass is 9.96. The number of amides is 1. The SMILES string of the molecule is Cc1ccc([N+](=O)[O-])cc1C(=O)N1CCC(C(=O)O)CC1. The molecule has 7 nitrogen and oxygen atoms in total. The summed E-state index contributed by atoms with van der Waals surface area (Å²) in [6.07, 6.45) is 0.824. The summed E-state index contributed by atoms with van der Waals surface area (Å²) < 4.78 is 0. The molecule has 1 aromatic rings. The monoisotopic (exact) mass is 292 g/mol. The highest BCUT2D eigenvalue weighted by atomic mass is 16.6. The lowest BCUT2D eigenvalue weighted by Gasteiger charge is -2.30. The molecule has 0 aromatic heterocycles. The molecule has 2 rings (SSSR count). The minimum Gasteiger partial charge on any atom is -0.481 e. The summed E-state index contributed by atoms with van der Waals surface area (Å²) in [5.41, 5.74) is 0.855. The lowest BCUT2D eigenvalue weighted by Crippen LogP contribution is -2.40. The van der Waals surface area contributed by atoms with Gasteiger partial charge in [0.25, 0.3) is 11.6 Å². The van der Waals surface area contributed by atoms with Crippen molar-refractivity contribution >= 4 is 17.6 Å². The molecule has 0 saturated carbocycles. The number of piperidine rings is 1. The van der Waals surface area contributed by atoms with Gasteiger partial charge >= 0.3 is 5.97 Å². The number of non-ortho nitro benzene ring substituents is 1. The number of carboxylic acids is 1. The normalized spacial score (nSPS) is 15.8. The zero-order chi connectivity index (χ0) is 15.6. The number of nitro groups is 1. The van der Waals surface area contributed by atoms with E-state index in [2.05, 4.69) is 0 Å². The van der Waals surface area contributed by atoms with Crippen LogP contribution in [0.4, 0.5) is 5.69 Å². The average molecular weight is 292 g/mol. The zero-order valence-corrected chi connectivity index (χ0v) is 11.6. The van der Waals surface area contributed by atoms with Crippen LogP contribution in [0.2, 0.25) is 0 Å². The second-order valence-corrected chi connectivity index (χ2v) is 5.16. The summed E-state index contributed by atoms with van der Waals surface area (Å²) in [7, 11) is 0. The second kappa shape index (κ2) is 5.90. The Morgan fingerprint density at radius 2 is 1.95 bits per heavy atom. The third-order valence-electron chi connectivity index (χ3n) is 3.79. The fourth-order valence-electron chi connectivity index (χ4n) is 2.45. The third-order valence-corrected chi connectivity index (χ3v) is 3.79. The summed E-state index contributed by atoms with van der Waals surface area (Å²) in [6.45, 7) is 2.44. The number of nitrogens with zero attached hydrogens (tertiary/aromatic N) is 2.